The third kappa shape index (κ3) is 4.83. The number of nitrogens with one attached hydrogen (secondary N) is 1. The highest BCUT2D eigenvalue weighted by atomic mass is 16.3. The fraction of sp³-hybridized carbons (Fsp3) is 0.391. The van der Waals surface area contributed by atoms with Crippen LogP contribution >= 0.6 is 0 Å². The Morgan fingerprint density at radius 2 is 2.00 bits per heavy atom. The number of benzene rings is 1. The Hall–Kier alpha value is -2.46. The third-order valence-electron chi connectivity index (χ3n) is 5.13. The molecule has 0 fully saturated rings. The number of carbonyl (C=O) groups excluding carboxylic acids is 1. The minimum atomic E-state index is -0.957. The van der Waals surface area contributed by atoms with E-state index in [2.05, 4.69) is 23.3 Å². The van der Waals surface area contributed by atoms with E-state index in [-0.39, 0.29) is 11.9 Å². The van der Waals surface area contributed by atoms with Crippen LogP contribution in [0.3, 0.4) is 0 Å². The van der Waals surface area contributed by atoms with E-state index in [4.69, 9.17) is 0 Å². The van der Waals surface area contributed by atoms with Crippen LogP contribution in [0, 0.1) is 0 Å². The number of nitrogens with zero attached hydrogens (tertiary/aromatic N) is 1. The van der Waals surface area contributed by atoms with Gasteiger partial charge in [-0.3, -0.25) is 9.78 Å². The summed E-state index contributed by atoms with van der Waals surface area (Å²) in [5.74, 6) is -0.0672. The molecule has 0 bridgehead atoms. The molecule has 1 aromatic carbocycles. The summed E-state index contributed by atoms with van der Waals surface area (Å²) in [6, 6.07) is 9.51. The Morgan fingerprint density at radius 1 is 1.19 bits per heavy atom. The van der Waals surface area contributed by atoms with Gasteiger partial charge in [-0.2, -0.15) is 0 Å². The second-order valence-corrected chi connectivity index (χ2v) is 7.82. The van der Waals surface area contributed by atoms with Crippen LogP contribution in [0.5, 0.6) is 0 Å². The zero-order valence-electron chi connectivity index (χ0n) is 16.3. The quantitative estimate of drug-likeness (QED) is 0.763. The summed E-state index contributed by atoms with van der Waals surface area (Å²) in [5.41, 5.74) is 3.53. The van der Waals surface area contributed by atoms with Crippen LogP contribution in [0.2, 0.25) is 0 Å². The number of aromatic nitrogens is 1. The molecule has 0 unspecified atom stereocenters. The molecule has 142 valence electrons. The van der Waals surface area contributed by atoms with Crippen molar-refractivity contribution >= 4 is 5.91 Å². The summed E-state index contributed by atoms with van der Waals surface area (Å²) in [6.45, 7) is 5.52. The maximum absolute atomic E-state index is 12.7. The lowest BCUT2D eigenvalue weighted by atomic mass is 9.94. The number of hydrogen-bond acceptors (Lipinski definition) is 3. The number of hydrogen-bond donors (Lipinski definition) is 2. The molecular weight excluding hydrogens is 336 g/mol. The molecule has 4 heteroatoms. The third-order valence-corrected chi connectivity index (χ3v) is 5.13. The van der Waals surface area contributed by atoms with Gasteiger partial charge in [-0.25, -0.2) is 0 Å². The summed E-state index contributed by atoms with van der Waals surface area (Å²) in [4.78, 5) is 17.0. The fourth-order valence-corrected chi connectivity index (χ4v) is 3.40. The molecule has 1 aliphatic rings. The highest BCUT2D eigenvalue weighted by Crippen LogP contribution is 2.26. The summed E-state index contributed by atoms with van der Waals surface area (Å²) < 4.78 is 0. The predicted octanol–water partition coefficient (Wildman–Crippen LogP) is 4.59. The minimum Gasteiger partial charge on any atom is -0.386 e. The molecule has 0 saturated heterocycles. The van der Waals surface area contributed by atoms with Gasteiger partial charge in [0.25, 0.3) is 5.91 Å². The Labute approximate surface area is 161 Å². The highest BCUT2D eigenvalue weighted by Gasteiger charge is 2.18. The Morgan fingerprint density at radius 3 is 2.70 bits per heavy atom. The van der Waals surface area contributed by atoms with Gasteiger partial charge in [0.1, 0.15) is 0 Å². The van der Waals surface area contributed by atoms with E-state index >= 15 is 0 Å². The molecular formula is C23H28N2O2. The first-order valence-electron chi connectivity index (χ1n) is 9.63. The summed E-state index contributed by atoms with van der Waals surface area (Å²) >= 11 is 0. The summed E-state index contributed by atoms with van der Waals surface area (Å²) in [6.07, 6.45) is 10.3. The van der Waals surface area contributed by atoms with Gasteiger partial charge >= 0.3 is 0 Å². The molecule has 27 heavy (non-hydrogen) atoms. The van der Waals surface area contributed by atoms with Crippen molar-refractivity contribution in [3.05, 3.63) is 65.5 Å². The molecule has 0 radical (unpaired) electrons. The van der Waals surface area contributed by atoms with E-state index in [1.54, 1.807) is 26.2 Å². The summed E-state index contributed by atoms with van der Waals surface area (Å²) in [7, 11) is 0. The van der Waals surface area contributed by atoms with E-state index < -0.39 is 5.60 Å². The average molecular weight is 364 g/mol. The Balaban J connectivity index is 1.79. The van der Waals surface area contributed by atoms with Crippen molar-refractivity contribution in [2.75, 3.05) is 0 Å². The molecule has 2 aromatic rings. The van der Waals surface area contributed by atoms with Gasteiger partial charge in [-0.1, -0.05) is 23.8 Å². The smallest absolute Gasteiger partial charge is 0.251 e. The highest BCUT2D eigenvalue weighted by molar-refractivity contribution is 5.95. The minimum absolute atomic E-state index is 0.0571. The van der Waals surface area contributed by atoms with Gasteiger partial charge < -0.3 is 10.4 Å². The van der Waals surface area contributed by atoms with Crippen LogP contribution in [0.4, 0.5) is 0 Å². The lowest BCUT2D eigenvalue weighted by Gasteiger charge is -2.21. The number of allylic oxidation sites excluding steroid dienone is 1. The monoisotopic (exact) mass is 364 g/mol. The molecule has 3 rings (SSSR count). The molecule has 1 heterocycles. The number of pyridine rings is 1. The lowest BCUT2D eigenvalue weighted by molar-refractivity contribution is 0.0782. The van der Waals surface area contributed by atoms with Crippen molar-refractivity contribution in [2.24, 2.45) is 0 Å². The second kappa shape index (κ2) is 8.05. The zero-order chi connectivity index (χ0) is 19.4. The molecule has 4 nitrogen and oxygen atoms in total. The molecule has 1 aliphatic carbocycles. The van der Waals surface area contributed by atoms with Crippen molar-refractivity contribution in [3.8, 4) is 11.1 Å². The fourth-order valence-electron chi connectivity index (χ4n) is 3.40. The number of aliphatic hydroxyl groups is 1. The first-order valence-corrected chi connectivity index (χ1v) is 9.63. The maximum Gasteiger partial charge on any atom is 0.251 e. The van der Waals surface area contributed by atoms with E-state index in [1.807, 2.05) is 30.3 Å². The zero-order valence-corrected chi connectivity index (χ0v) is 16.3. The molecule has 1 amide bonds. The van der Waals surface area contributed by atoms with Crippen molar-refractivity contribution in [1.82, 2.24) is 10.3 Å². The van der Waals surface area contributed by atoms with Gasteiger partial charge in [0.15, 0.2) is 0 Å². The van der Waals surface area contributed by atoms with Gasteiger partial charge in [-0.05, 0) is 70.2 Å². The standard InChI is InChI=1S/C23H28N2O2/c1-16(17-8-5-4-6-9-17)25-22(26)19-11-7-10-18(12-19)20-13-21(15-24-14-20)23(2,3)27/h7-8,10-16,27H,4-6,9H2,1-3H3,(H,25,26)/t16-/m1/s1. The number of amides is 1. The van der Waals surface area contributed by atoms with Gasteiger partial charge in [-0.15, -0.1) is 0 Å². The largest absolute Gasteiger partial charge is 0.386 e. The van der Waals surface area contributed by atoms with Crippen molar-refractivity contribution in [1.29, 1.82) is 0 Å². The van der Waals surface area contributed by atoms with E-state index in [0.717, 1.165) is 29.5 Å². The first kappa shape index (κ1) is 19.3. The molecule has 0 saturated carbocycles. The van der Waals surface area contributed by atoms with Crippen molar-refractivity contribution in [3.63, 3.8) is 0 Å². The van der Waals surface area contributed by atoms with Crippen LogP contribution in [-0.4, -0.2) is 22.0 Å². The van der Waals surface area contributed by atoms with Crippen molar-refractivity contribution < 1.29 is 9.90 Å². The molecule has 0 aliphatic heterocycles. The van der Waals surface area contributed by atoms with E-state index in [0.29, 0.717) is 5.56 Å². The number of carbonyl (C=O) groups is 1. The van der Waals surface area contributed by atoms with Gasteiger partial charge in [0.05, 0.1) is 5.60 Å². The van der Waals surface area contributed by atoms with Crippen LogP contribution in [0.25, 0.3) is 11.1 Å². The van der Waals surface area contributed by atoms with Gasteiger partial charge in [0, 0.05) is 35.1 Å². The normalized spacial score (nSPS) is 15.8. The molecule has 1 atom stereocenters. The van der Waals surface area contributed by atoms with E-state index in [1.165, 1.54) is 18.4 Å². The van der Waals surface area contributed by atoms with Crippen LogP contribution < -0.4 is 5.32 Å². The SMILES string of the molecule is C[C@@H](NC(=O)c1cccc(-c2cncc(C(C)(C)O)c2)c1)C1=CCCCC1. The Bertz CT molecular complexity index is 849. The van der Waals surface area contributed by atoms with E-state index in [9.17, 15) is 9.90 Å². The van der Waals surface area contributed by atoms with Crippen LogP contribution in [0.1, 0.15) is 62.4 Å². The topological polar surface area (TPSA) is 62.2 Å². The maximum atomic E-state index is 12.7. The van der Waals surface area contributed by atoms with Gasteiger partial charge in [0.2, 0.25) is 0 Å². The molecule has 1 aromatic heterocycles. The van der Waals surface area contributed by atoms with Crippen LogP contribution in [0.15, 0.2) is 54.4 Å². The second-order valence-electron chi connectivity index (χ2n) is 7.82. The Kier molecular flexibility index (Phi) is 5.76. The molecule has 0 spiro atoms. The summed E-state index contributed by atoms with van der Waals surface area (Å²) in [5, 5.41) is 13.3. The number of rotatable bonds is 5. The molecule has 2 N–H and O–H groups in total. The first-order chi connectivity index (χ1) is 12.8. The predicted molar refractivity (Wildman–Crippen MR) is 108 cm³/mol. The van der Waals surface area contributed by atoms with Crippen LogP contribution in [-0.2, 0) is 5.60 Å². The van der Waals surface area contributed by atoms with Crippen molar-refractivity contribution in [2.45, 2.75) is 58.1 Å². The average Bonchev–Trinajstić information content (AvgIpc) is 2.68. The lowest BCUT2D eigenvalue weighted by Crippen LogP contribution is -2.34.